The molecule has 0 fully saturated rings. The van der Waals surface area contributed by atoms with Gasteiger partial charge in [-0.1, -0.05) is 0 Å². The van der Waals surface area contributed by atoms with E-state index in [1.165, 1.54) is 0 Å². The van der Waals surface area contributed by atoms with Crippen molar-refractivity contribution >= 4 is 0 Å². The summed E-state index contributed by atoms with van der Waals surface area (Å²) in [6.45, 7) is 8.08. The normalized spacial score (nSPS) is 12.0. The van der Waals surface area contributed by atoms with Crippen LogP contribution >= 0.6 is 0 Å². The summed E-state index contributed by atoms with van der Waals surface area (Å²) in [6, 6.07) is 0. The number of rotatable bonds is 2. The van der Waals surface area contributed by atoms with Crippen LogP contribution in [0.5, 0.6) is 0 Å². The molecule has 0 saturated heterocycles. The fraction of sp³-hybridized carbons (Fsp3) is 0.750. The van der Waals surface area contributed by atoms with Crippen LogP contribution in [0.3, 0.4) is 0 Å². The van der Waals surface area contributed by atoms with Gasteiger partial charge in [-0.15, -0.1) is 10.2 Å². The third-order valence-corrected chi connectivity index (χ3v) is 1.20. The lowest BCUT2D eigenvalue weighted by Crippen LogP contribution is -2.18. The van der Waals surface area contributed by atoms with Crippen LogP contribution in [-0.4, -0.2) is 15.8 Å². The minimum Gasteiger partial charge on any atom is -0.423 e. The van der Waals surface area contributed by atoms with Crippen molar-refractivity contribution in [2.45, 2.75) is 39.9 Å². The fourth-order valence-electron chi connectivity index (χ4n) is 0.674. The molecule has 12 heavy (non-hydrogen) atoms. The summed E-state index contributed by atoms with van der Waals surface area (Å²) in [5.74, 6) is 1.10. The van der Waals surface area contributed by atoms with Crippen LogP contribution in [0.15, 0.2) is 4.42 Å². The Balaban J connectivity index is 2.44. The van der Waals surface area contributed by atoms with Crippen molar-refractivity contribution in [2.24, 2.45) is 0 Å². The first-order valence-corrected chi connectivity index (χ1v) is 3.90. The topological polar surface area (TPSA) is 48.2 Å². The van der Waals surface area contributed by atoms with Crippen molar-refractivity contribution in [1.82, 2.24) is 10.2 Å². The number of aryl methyl sites for hydroxylation is 1. The molecule has 0 N–H and O–H groups in total. The van der Waals surface area contributed by atoms with E-state index in [0.29, 0.717) is 18.4 Å². The molecule has 4 nitrogen and oxygen atoms in total. The predicted octanol–water partition coefficient (Wildman–Crippen LogP) is 1.69. The third kappa shape index (κ3) is 3.00. The molecule has 0 saturated carbocycles. The molecular weight excluding hydrogens is 156 g/mol. The Labute approximate surface area is 71.9 Å². The zero-order valence-corrected chi connectivity index (χ0v) is 7.92. The molecule has 0 radical (unpaired) electrons. The molecule has 68 valence electrons. The van der Waals surface area contributed by atoms with E-state index in [-0.39, 0.29) is 5.60 Å². The van der Waals surface area contributed by atoms with E-state index in [1.807, 2.05) is 20.8 Å². The maximum atomic E-state index is 5.43. The Kier molecular flexibility index (Phi) is 2.47. The summed E-state index contributed by atoms with van der Waals surface area (Å²) < 4.78 is 10.6. The van der Waals surface area contributed by atoms with Crippen molar-refractivity contribution < 1.29 is 9.15 Å². The Morgan fingerprint density at radius 2 is 2.00 bits per heavy atom. The standard InChI is InChI=1S/C8H14N2O2/c1-6-9-10-7(12-6)5-11-8(2,3)4/h5H2,1-4H3. The van der Waals surface area contributed by atoms with E-state index in [1.54, 1.807) is 6.92 Å². The van der Waals surface area contributed by atoms with Crippen LogP contribution in [0.1, 0.15) is 32.6 Å². The summed E-state index contributed by atoms with van der Waals surface area (Å²) >= 11 is 0. The molecule has 0 amide bonds. The number of ether oxygens (including phenoxy) is 1. The SMILES string of the molecule is Cc1nnc(COC(C)(C)C)o1. The Bertz CT molecular complexity index is 250. The second-order valence-electron chi connectivity index (χ2n) is 3.62. The lowest BCUT2D eigenvalue weighted by molar-refractivity contribution is -0.0246. The summed E-state index contributed by atoms with van der Waals surface area (Å²) in [5, 5.41) is 7.50. The van der Waals surface area contributed by atoms with Crippen molar-refractivity contribution in [3.63, 3.8) is 0 Å². The van der Waals surface area contributed by atoms with E-state index >= 15 is 0 Å². The number of nitrogens with zero attached hydrogens (tertiary/aromatic N) is 2. The lowest BCUT2D eigenvalue weighted by Gasteiger charge is -2.17. The fourth-order valence-corrected chi connectivity index (χ4v) is 0.674. The zero-order chi connectivity index (χ0) is 9.19. The average Bonchev–Trinajstić information content (AvgIpc) is 2.30. The highest BCUT2D eigenvalue weighted by molar-refractivity contribution is 4.76. The molecule has 1 rings (SSSR count). The monoisotopic (exact) mass is 170 g/mol. The molecule has 0 unspecified atom stereocenters. The highest BCUT2D eigenvalue weighted by Gasteiger charge is 2.12. The van der Waals surface area contributed by atoms with Crippen LogP contribution in [0.2, 0.25) is 0 Å². The first-order valence-electron chi connectivity index (χ1n) is 3.90. The van der Waals surface area contributed by atoms with Gasteiger partial charge in [0, 0.05) is 6.92 Å². The van der Waals surface area contributed by atoms with Gasteiger partial charge in [-0.25, -0.2) is 0 Å². The first-order chi connectivity index (χ1) is 5.47. The zero-order valence-electron chi connectivity index (χ0n) is 7.92. The molecule has 0 aromatic carbocycles. The Morgan fingerprint density at radius 1 is 1.33 bits per heavy atom. The van der Waals surface area contributed by atoms with Gasteiger partial charge in [0.1, 0.15) is 6.61 Å². The molecule has 4 heteroatoms. The summed E-state index contributed by atoms with van der Waals surface area (Å²) in [4.78, 5) is 0. The van der Waals surface area contributed by atoms with Crippen molar-refractivity contribution in [2.75, 3.05) is 0 Å². The molecule has 0 aliphatic heterocycles. The minimum atomic E-state index is -0.164. The van der Waals surface area contributed by atoms with Gasteiger partial charge < -0.3 is 9.15 Å². The van der Waals surface area contributed by atoms with Gasteiger partial charge >= 0.3 is 0 Å². The Hall–Kier alpha value is -0.900. The van der Waals surface area contributed by atoms with Gasteiger partial charge in [0.25, 0.3) is 0 Å². The van der Waals surface area contributed by atoms with Crippen LogP contribution in [0.25, 0.3) is 0 Å². The van der Waals surface area contributed by atoms with E-state index in [0.717, 1.165) is 0 Å². The molecule has 0 bridgehead atoms. The van der Waals surface area contributed by atoms with Gasteiger partial charge in [0.2, 0.25) is 11.8 Å². The molecule has 0 spiro atoms. The summed E-state index contributed by atoms with van der Waals surface area (Å²) in [5.41, 5.74) is -0.164. The van der Waals surface area contributed by atoms with Gasteiger partial charge in [-0.05, 0) is 20.8 Å². The smallest absolute Gasteiger partial charge is 0.242 e. The largest absolute Gasteiger partial charge is 0.423 e. The third-order valence-electron chi connectivity index (χ3n) is 1.20. The minimum absolute atomic E-state index is 0.164. The van der Waals surface area contributed by atoms with E-state index < -0.39 is 0 Å². The van der Waals surface area contributed by atoms with Crippen LogP contribution in [0, 0.1) is 6.92 Å². The van der Waals surface area contributed by atoms with Gasteiger partial charge in [-0.2, -0.15) is 0 Å². The van der Waals surface area contributed by atoms with Crippen molar-refractivity contribution in [1.29, 1.82) is 0 Å². The quantitative estimate of drug-likeness (QED) is 0.677. The number of hydrogen-bond donors (Lipinski definition) is 0. The van der Waals surface area contributed by atoms with Crippen molar-refractivity contribution in [3.8, 4) is 0 Å². The maximum absolute atomic E-state index is 5.43. The maximum Gasteiger partial charge on any atom is 0.242 e. The van der Waals surface area contributed by atoms with Crippen molar-refractivity contribution in [3.05, 3.63) is 11.8 Å². The van der Waals surface area contributed by atoms with Crippen LogP contribution in [-0.2, 0) is 11.3 Å². The van der Waals surface area contributed by atoms with E-state index in [2.05, 4.69) is 10.2 Å². The lowest BCUT2D eigenvalue weighted by atomic mass is 10.2. The first kappa shape index (κ1) is 9.19. The molecule has 0 atom stereocenters. The molecule has 1 aromatic rings. The average molecular weight is 170 g/mol. The van der Waals surface area contributed by atoms with E-state index in [4.69, 9.17) is 9.15 Å². The second kappa shape index (κ2) is 3.23. The molecule has 0 aliphatic rings. The van der Waals surface area contributed by atoms with Crippen LogP contribution < -0.4 is 0 Å². The number of aromatic nitrogens is 2. The molecule has 1 aromatic heterocycles. The van der Waals surface area contributed by atoms with Gasteiger partial charge in [0.15, 0.2) is 0 Å². The summed E-state index contributed by atoms with van der Waals surface area (Å²) in [6.07, 6.45) is 0. The Morgan fingerprint density at radius 3 is 2.42 bits per heavy atom. The molecular formula is C8H14N2O2. The van der Waals surface area contributed by atoms with E-state index in [9.17, 15) is 0 Å². The number of hydrogen-bond acceptors (Lipinski definition) is 4. The molecule has 0 aliphatic carbocycles. The molecule has 1 heterocycles. The van der Waals surface area contributed by atoms with Gasteiger partial charge in [0.05, 0.1) is 5.60 Å². The highest BCUT2D eigenvalue weighted by atomic mass is 16.5. The highest BCUT2D eigenvalue weighted by Crippen LogP contribution is 2.10. The van der Waals surface area contributed by atoms with Gasteiger partial charge in [-0.3, -0.25) is 0 Å². The predicted molar refractivity (Wildman–Crippen MR) is 43.6 cm³/mol. The second-order valence-corrected chi connectivity index (χ2v) is 3.62. The summed E-state index contributed by atoms with van der Waals surface area (Å²) in [7, 11) is 0. The van der Waals surface area contributed by atoms with Crippen LogP contribution in [0.4, 0.5) is 0 Å².